The summed E-state index contributed by atoms with van der Waals surface area (Å²) in [5.74, 6) is -1.53. The lowest BCUT2D eigenvalue weighted by atomic mass is 9.77. The molecule has 7 nitrogen and oxygen atoms in total. The van der Waals surface area contributed by atoms with Crippen LogP contribution in [0.4, 0.5) is 4.79 Å². The first-order valence-electron chi connectivity index (χ1n) is 5.67. The van der Waals surface area contributed by atoms with Gasteiger partial charge in [-0.1, -0.05) is 6.08 Å². The molecule has 0 atom stereocenters. The standard InChI is InChI=1S/C11H17N3O4/c1-2-6-12-10(18)14-8(15)7-13-11(9(16)17)4-3-5-11/h2,13H,1,3-7H2,(H,16,17)(H2,12,14,15,18). The van der Waals surface area contributed by atoms with E-state index in [0.717, 1.165) is 6.42 Å². The smallest absolute Gasteiger partial charge is 0.323 e. The van der Waals surface area contributed by atoms with E-state index in [1.165, 1.54) is 6.08 Å². The number of hydrogen-bond acceptors (Lipinski definition) is 4. The van der Waals surface area contributed by atoms with Gasteiger partial charge in [-0.15, -0.1) is 6.58 Å². The molecule has 0 aliphatic heterocycles. The molecular formula is C11H17N3O4. The summed E-state index contributed by atoms with van der Waals surface area (Å²) in [4.78, 5) is 33.5. The van der Waals surface area contributed by atoms with Crippen LogP contribution in [0, 0.1) is 0 Å². The minimum absolute atomic E-state index is 0.201. The van der Waals surface area contributed by atoms with Gasteiger partial charge < -0.3 is 10.4 Å². The van der Waals surface area contributed by atoms with E-state index in [2.05, 4.69) is 22.5 Å². The Morgan fingerprint density at radius 1 is 1.33 bits per heavy atom. The van der Waals surface area contributed by atoms with Crippen molar-refractivity contribution in [3.05, 3.63) is 12.7 Å². The van der Waals surface area contributed by atoms with Gasteiger partial charge in [-0.3, -0.25) is 20.2 Å². The second kappa shape index (κ2) is 6.15. The van der Waals surface area contributed by atoms with Gasteiger partial charge in [0.2, 0.25) is 5.91 Å². The van der Waals surface area contributed by atoms with Crippen LogP contribution in [0.25, 0.3) is 0 Å². The molecule has 0 radical (unpaired) electrons. The Bertz CT molecular complexity index is 363. The van der Waals surface area contributed by atoms with E-state index in [1.807, 2.05) is 0 Å². The Labute approximate surface area is 105 Å². The number of aliphatic carboxylic acids is 1. The average Bonchev–Trinajstić information content (AvgIpc) is 2.24. The molecule has 0 aromatic rings. The van der Waals surface area contributed by atoms with Gasteiger partial charge in [0.1, 0.15) is 5.54 Å². The van der Waals surface area contributed by atoms with Crippen LogP contribution in [-0.2, 0) is 9.59 Å². The van der Waals surface area contributed by atoms with Crippen molar-refractivity contribution in [2.24, 2.45) is 0 Å². The van der Waals surface area contributed by atoms with Crippen LogP contribution >= 0.6 is 0 Å². The highest BCUT2D eigenvalue weighted by Gasteiger charge is 2.44. The van der Waals surface area contributed by atoms with Crippen LogP contribution in [0.2, 0.25) is 0 Å². The number of hydrogen-bond donors (Lipinski definition) is 4. The molecule has 1 fully saturated rings. The number of carboxylic acids is 1. The van der Waals surface area contributed by atoms with Crippen LogP contribution in [-0.4, -0.2) is 41.6 Å². The quantitative estimate of drug-likeness (QED) is 0.483. The fourth-order valence-corrected chi connectivity index (χ4v) is 1.63. The van der Waals surface area contributed by atoms with E-state index < -0.39 is 23.4 Å². The molecule has 7 heteroatoms. The fraction of sp³-hybridized carbons (Fsp3) is 0.545. The third-order valence-electron chi connectivity index (χ3n) is 2.86. The van der Waals surface area contributed by atoms with Gasteiger partial charge in [0, 0.05) is 6.54 Å². The summed E-state index contributed by atoms with van der Waals surface area (Å²) in [5.41, 5.74) is -1.01. The summed E-state index contributed by atoms with van der Waals surface area (Å²) >= 11 is 0. The monoisotopic (exact) mass is 255 g/mol. The normalized spacial score (nSPS) is 16.2. The predicted molar refractivity (Wildman–Crippen MR) is 64.0 cm³/mol. The van der Waals surface area contributed by atoms with Crippen molar-refractivity contribution in [2.75, 3.05) is 13.1 Å². The molecule has 1 aliphatic carbocycles. The van der Waals surface area contributed by atoms with Gasteiger partial charge in [0.15, 0.2) is 0 Å². The van der Waals surface area contributed by atoms with Gasteiger partial charge in [0.25, 0.3) is 0 Å². The highest BCUT2D eigenvalue weighted by molar-refractivity contribution is 5.95. The van der Waals surface area contributed by atoms with E-state index in [4.69, 9.17) is 5.11 Å². The molecule has 0 aromatic heterocycles. The summed E-state index contributed by atoms with van der Waals surface area (Å²) in [6.07, 6.45) is 3.30. The first-order chi connectivity index (χ1) is 8.50. The summed E-state index contributed by atoms with van der Waals surface area (Å²) in [5, 5.41) is 16.2. The number of urea groups is 1. The number of carbonyl (C=O) groups is 3. The average molecular weight is 255 g/mol. The van der Waals surface area contributed by atoms with E-state index in [9.17, 15) is 14.4 Å². The highest BCUT2D eigenvalue weighted by Crippen LogP contribution is 2.31. The zero-order valence-electron chi connectivity index (χ0n) is 9.99. The Kier molecular flexibility index (Phi) is 4.85. The number of rotatable bonds is 6. The molecule has 100 valence electrons. The minimum atomic E-state index is -1.01. The number of nitrogens with one attached hydrogen (secondary N) is 3. The van der Waals surface area contributed by atoms with Crippen LogP contribution < -0.4 is 16.0 Å². The minimum Gasteiger partial charge on any atom is -0.480 e. The van der Waals surface area contributed by atoms with E-state index in [-0.39, 0.29) is 13.1 Å². The molecule has 18 heavy (non-hydrogen) atoms. The molecule has 0 aromatic carbocycles. The van der Waals surface area contributed by atoms with Crippen LogP contribution in [0.3, 0.4) is 0 Å². The third kappa shape index (κ3) is 3.56. The summed E-state index contributed by atoms with van der Waals surface area (Å²) in [6.45, 7) is 3.47. The zero-order valence-corrected chi connectivity index (χ0v) is 9.99. The van der Waals surface area contributed by atoms with Crippen LogP contribution in [0.1, 0.15) is 19.3 Å². The molecular weight excluding hydrogens is 238 g/mol. The summed E-state index contributed by atoms with van der Waals surface area (Å²) < 4.78 is 0. The summed E-state index contributed by atoms with van der Waals surface area (Å²) in [6, 6.07) is -0.625. The van der Waals surface area contributed by atoms with E-state index >= 15 is 0 Å². The molecule has 1 rings (SSSR count). The van der Waals surface area contributed by atoms with Crippen molar-refractivity contribution < 1.29 is 19.5 Å². The molecule has 1 saturated carbocycles. The maximum absolute atomic E-state index is 11.4. The largest absolute Gasteiger partial charge is 0.480 e. The molecule has 0 unspecified atom stereocenters. The van der Waals surface area contributed by atoms with Crippen molar-refractivity contribution in [1.29, 1.82) is 0 Å². The molecule has 4 N–H and O–H groups in total. The van der Waals surface area contributed by atoms with Gasteiger partial charge in [0.05, 0.1) is 6.54 Å². The highest BCUT2D eigenvalue weighted by atomic mass is 16.4. The lowest BCUT2D eigenvalue weighted by molar-refractivity contribution is -0.148. The first-order valence-corrected chi connectivity index (χ1v) is 5.67. The van der Waals surface area contributed by atoms with E-state index in [1.54, 1.807) is 0 Å². The van der Waals surface area contributed by atoms with Gasteiger partial charge in [-0.2, -0.15) is 0 Å². The third-order valence-corrected chi connectivity index (χ3v) is 2.86. The van der Waals surface area contributed by atoms with Crippen molar-refractivity contribution in [3.63, 3.8) is 0 Å². The Hall–Kier alpha value is -1.89. The number of amides is 3. The number of imide groups is 1. The van der Waals surface area contributed by atoms with Crippen molar-refractivity contribution >= 4 is 17.9 Å². The lowest BCUT2D eigenvalue weighted by Gasteiger charge is -2.38. The van der Waals surface area contributed by atoms with Crippen molar-refractivity contribution in [2.45, 2.75) is 24.8 Å². The van der Waals surface area contributed by atoms with Crippen LogP contribution in [0.15, 0.2) is 12.7 Å². The SMILES string of the molecule is C=CCNC(=O)NC(=O)CNC1(C(=O)O)CCC1. The molecule has 0 bridgehead atoms. The molecule has 0 heterocycles. The predicted octanol–water partition coefficient (Wildman–Crippen LogP) is -0.405. The number of carboxylic acid groups (broad SMARTS) is 1. The second-order valence-electron chi connectivity index (χ2n) is 4.14. The van der Waals surface area contributed by atoms with Gasteiger partial charge in [-0.05, 0) is 19.3 Å². The molecule has 3 amide bonds. The molecule has 0 spiro atoms. The topological polar surface area (TPSA) is 108 Å². The van der Waals surface area contributed by atoms with Gasteiger partial charge >= 0.3 is 12.0 Å². The van der Waals surface area contributed by atoms with E-state index in [0.29, 0.717) is 12.8 Å². The molecule has 0 saturated heterocycles. The van der Waals surface area contributed by atoms with Crippen molar-refractivity contribution in [1.82, 2.24) is 16.0 Å². The van der Waals surface area contributed by atoms with Crippen molar-refractivity contribution in [3.8, 4) is 0 Å². The maximum Gasteiger partial charge on any atom is 0.323 e. The Morgan fingerprint density at radius 2 is 2.00 bits per heavy atom. The Morgan fingerprint density at radius 3 is 2.44 bits per heavy atom. The Balaban J connectivity index is 2.30. The zero-order chi connectivity index (χ0) is 13.6. The number of carbonyl (C=O) groups excluding carboxylic acids is 2. The lowest BCUT2D eigenvalue weighted by Crippen LogP contribution is -2.59. The fourth-order valence-electron chi connectivity index (χ4n) is 1.63. The van der Waals surface area contributed by atoms with Crippen LogP contribution in [0.5, 0.6) is 0 Å². The first kappa shape index (κ1) is 14.2. The maximum atomic E-state index is 11.4. The van der Waals surface area contributed by atoms with Gasteiger partial charge in [-0.25, -0.2) is 4.79 Å². The second-order valence-corrected chi connectivity index (χ2v) is 4.14. The molecule has 1 aliphatic rings. The summed E-state index contributed by atoms with van der Waals surface area (Å²) in [7, 11) is 0.